The van der Waals surface area contributed by atoms with Gasteiger partial charge >= 0.3 is 12.0 Å². The Kier molecular flexibility index (Phi) is 4.22. The maximum absolute atomic E-state index is 12.9. The van der Waals surface area contributed by atoms with Gasteiger partial charge in [-0.3, -0.25) is 9.69 Å². The lowest BCUT2D eigenvalue weighted by molar-refractivity contribution is -0.143. The largest absolute Gasteiger partial charge is 0.481 e. The van der Waals surface area contributed by atoms with Crippen LogP contribution >= 0.6 is 0 Å². The van der Waals surface area contributed by atoms with Crippen LogP contribution in [0.5, 0.6) is 0 Å². The fourth-order valence-electron chi connectivity index (χ4n) is 2.34. The number of rotatable bonds is 2. The Morgan fingerprint density at radius 3 is 2.60 bits per heavy atom. The number of carbonyl (C=O) groups excluding carboxylic acids is 1. The van der Waals surface area contributed by atoms with Crippen molar-refractivity contribution < 1.29 is 19.1 Å². The Labute approximate surface area is 116 Å². The van der Waals surface area contributed by atoms with Gasteiger partial charge in [-0.25, -0.2) is 9.18 Å². The Morgan fingerprint density at radius 1 is 1.35 bits per heavy atom. The minimum Gasteiger partial charge on any atom is -0.481 e. The highest BCUT2D eigenvalue weighted by molar-refractivity contribution is 5.91. The summed E-state index contributed by atoms with van der Waals surface area (Å²) in [5.41, 5.74) is 0.578. The zero-order valence-electron chi connectivity index (χ0n) is 11.3. The highest BCUT2D eigenvalue weighted by atomic mass is 19.1. The molecule has 5 nitrogen and oxygen atoms in total. The fourth-order valence-corrected chi connectivity index (χ4v) is 2.34. The predicted octanol–water partition coefficient (Wildman–Crippen LogP) is 2.18. The van der Waals surface area contributed by atoms with Crippen LogP contribution in [0.2, 0.25) is 0 Å². The fraction of sp³-hybridized carbons (Fsp3) is 0.429. The van der Waals surface area contributed by atoms with Crippen LogP contribution in [0.4, 0.5) is 14.9 Å². The van der Waals surface area contributed by atoms with Gasteiger partial charge in [0, 0.05) is 25.8 Å². The molecule has 2 amide bonds. The Bertz CT molecular complexity index is 504. The molecule has 108 valence electrons. The predicted molar refractivity (Wildman–Crippen MR) is 72.1 cm³/mol. The Morgan fingerprint density at radius 2 is 2.00 bits per heavy atom. The first-order valence-corrected chi connectivity index (χ1v) is 6.50. The lowest BCUT2D eigenvalue weighted by Gasteiger charge is -2.33. The summed E-state index contributed by atoms with van der Waals surface area (Å²) in [7, 11) is 1.60. The van der Waals surface area contributed by atoms with Crippen molar-refractivity contribution in [1.82, 2.24) is 4.90 Å². The van der Waals surface area contributed by atoms with Gasteiger partial charge in [0.15, 0.2) is 0 Å². The van der Waals surface area contributed by atoms with Gasteiger partial charge in [0.25, 0.3) is 0 Å². The number of carboxylic acid groups (broad SMARTS) is 1. The number of benzene rings is 1. The van der Waals surface area contributed by atoms with E-state index in [0.717, 1.165) is 0 Å². The minimum absolute atomic E-state index is 0.222. The third-order valence-corrected chi connectivity index (χ3v) is 3.54. The van der Waals surface area contributed by atoms with E-state index in [1.54, 1.807) is 7.05 Å². The molecular formula is C14H17FN2O3. The summed E-state index contributed by atoms with van der Waals surface area (Å²) >= 11 is 0. The molecule has 1 fully saturated rings. The number of hydrogen-bond donors (Lipinski definition) is 1. The van der Waals surface area contributed by atoms with Crippen molar-refractivity contribution in [2.75, 3.05) is 25.0 Å². The standard InChI is InChI=1S/C14H17FN2O3/c1-16(12-6-4-11(15)5-7-12)14(20)17-8-2-3-10(9-17)13(18)19/h4-7,10H,2-3,8-9H2,1H3,(H,18,19). The normalized spacial score (nSPS) is 18.7. The van der Waals surface area contributed by atoms with Crippen LogP contribution in [0, 0.1) is 11.7 Å². The summed E-state index contributed by atoms with van der Waals surface area (Å²) in [4.78, 5) is 26.3. The topological polar surface area (TPSA) is 60.9 Å². The number of amides is 2. The second kappa shape index (κ2) is 5.90. The molecule has 1 saturated heterocycles. The number of halogens is 1. The van der Waals surface area contributed by atoms with E-state index in [-0.39, 0.29) is 18.4 Å². The van der Waals surface area contributed by atoms with Crippen LogP contribution in [0.25, 0.3) is 0 Å². The van der Waals surface area contributed by atoms with Crippen LogP contribution in [-0.2, 0) is 4.79 Å². The zero-order valence-corrected chi connectivity index (χ0v) is 11.3. The monoisotopic (exact) mass is 280 g/mol. The van der Waals surface area contributed by atoms with E-state index in [2.05, 4.69) is 0 Å². The first kappa shape index (κ1) is 14.3. The van der Waals surface area contributed by atoms with E-state index in [1.807, 2.05) is 0 Å². The molecule has 1 aliphatic rings. The van der Waals surface area contributed by atoms with E-state index < -0.39 is 11.9 Å². The summed E-state index contributed by atoms with van der Waals surface area (Å²) in [6.07, 6.45) is 1.28. The summed E-state index contributed by atoms with van der Waals surface area (Å²) in [5, 5.41) is 9.03. The maximum atomic E-state index is 12.9. The van der Waals surface area contributed by atoms with Crippen LogP contribution in [0.3, 0.4) is 0 Å². The van der Waals surface area contributed by atoms with Crippen molar-refractivity contribution in [1.29, 1.82) is 0 Å². The number of aliphatic carboxylic acids is 1. The van der Waals surface area contributed by atoms with E-state index in [0.29, 0.717) is 25.1 Å². The lowest BCUT2D eigenvalue weighted by atomic mass is 9.99. The van der Waals surface area contributed by atoms with Gasteiger partial charge in [0.2, 0.25) is 0 Å². The highest BCUT2D eigenvalue weighted by Crippen LogP contribution is 2.20. The van der Waals surface area contributed by atoms with E-state index in [4.69, 9.17) is 5.11 Å². The van der Waals surface area contributed by atoms with Gasteiger partial charge < -0.3 is 10.0 Å². The number of hydrogen-bond acceptors (Lipinski definition) is 2. The number of anilines is 1. The van der Waals surface area contributed by atoms with Gasteiger partial charge in [0.05, 0.1) is 5.92 Å². The SMILES string of the molecule is CN(C(=O)N1CCCC(C(=O)O)C1)c1ccc(F)cc1. The highest BCUT2D eigenvalue weighted by Gasteiger charge is 2.29. The lowest BCUT2D eigenvalue weighted by Crippen LogP contribution is -2.47. The molecule has 1 atom stereocenters. The average Bonchev–Trinajstić information content (AvgIpc) is 2.46. The Hall–Kier alpha value is -2.11. The minimum atomic E-state index is -0.869. The molecule has 0 aromatic heterocycles. The Balaban J connectivity index is 2.06. The van der Waals surface area contributed by atoms with Gasteiger partial charge in [-0.1, -0.05) is 0 Å². The molecule has 0 spiro atoms. The molecule has 6 heteroatoms. The molecule has 0 saturated carbocycles. The van der Waals surface area contributed by atoms with Gasteiger partial charge in [-0.2, -0.15) is 0 Å². The molecule has 20 heavy (non-hydrogen) atoms. The summed E-state index contributed by atoms with van der Waals surface area (Å²) in [6, 6.07) is 5.35. The molecule has 1 N–H and O–H groups in total. The maximum Gasteiger partial charge on any atom is 0.324 e. The van der Waals surface area contributed by atoms with Crippen molar-refractivity contribution in [3.8, 4) is 0 Å². The average molecular weight is 280 g/mol. The number of piperidine rings is 1. The van der Waals surface area contributed by atoms with Crippen LogP contribution in [0.15, 0.2) is 24.3 Å². The molecule has 1 aromatic carbocycles. The van der Waals surface area contributed by atoms with Crippen LogP contribution in [-0.4, -0.2) is 42.1 Å². The van der Waals surface area contributed by atoms with Gasteiger partial charge in [-0.15, -0.1) is 0 Å². The number of urea groups is 1. The van der Waals surface area contributed by atoms with Crippen molar-refractivity contribution in [3.05, 3.63) is 30.1 Å². The molecular weight excluding hydrogens is 263 g/mol. The molecule has 1 aliphatic heterocycles. The summed E-state index contributed by atoms with van der Waals surface area (Å²) < 4.78 is 12.9. The quantitative estimate of drug-likeness (QED) is 0.903. The summed E-state index contributed by atoms with van der Waals surface area (Å²) in [5.74, 6) is -1.74. The van der Waals surface area contributed by atoms with Crippen LogP contribution < -0.4 is 4.90 Å². The van der Waals surface area contributed by atoms with Gasteiger partial charge in [-0.05, 0) is 37.1 Å². The van der Waals surface area contributed by atoms with E-state index in [1.165, 1.54) is 34.1 Å². The van der Waals surface area contributed by atoms with Crippen LogP contribution in [0.1, 0.15) is 12.8 Å². The molecule has 0 aliphatic carbocycles. The first-order valence-electron chi connectivity index (χ1n) is 6.50. The molecule has 2 rings (SSSR count). The van der Waals surface area contributed by atoms with Crippen molar-refractivity contribution in [3.63, 3.8) is 0 Å². The summed E-state index contributed by atoms with van der Waals surface area (Å²) in [6.45, 7) is 0.772. The van der Waals surface area contributed by atoms with Crippen molar-refractivity contribution in [2.24, 2.45) is 5.92 Å². The smallest absolute Gasteiger partial charge is 0.324 e. The third kappa shape index (κ3) is 3.07. The van der Waals surface area contributed by atoms with Gasteiger partial charge in [0.1, 0.15) is 5.82 Å². The number of likely N-dealkylation sites (tertiary alicyclic amines) is 1. The van der Waals surface area contributed by atoms with E-state index >= 15 is 0 Å². The molecule has 1 unspecified atom stereocenters. The zero-order chi connectivity index (χ0) is 14.7. The molecule has 1 aromatic rings. The molecule has 1 heterocycles. The second-order valence-corrected chi connectivity index (χ2v) is 4.94. The molecule has 0 bridgehead atoms. The number of carboxylic acids is 1. The first-order chi connectivity index (χ1) is 9.49. The second-order valence-electron chi connectivity index (χ2n) is 4.94. The van der Waals surface area contributed by atoms with E-state index in [9.17, 15) is 14.0 Å². The third-order valence-electron chi connectivity index (χ3n) is 3.54. The molecule has 0 radical (unpaired) electrons. The number of carbonyl (C=O) groups is 2. The van der Waals surface area contributed by atoms with Crippen molar-refractivity contribution >= 4 is 17.7 Å². The van der Waals surface area contributed by atoms with Crippen molar-refractivity contribution in [2.45, 2.75) is 12.8 Å². The number of nitrogens with zero attached hydrogens (tertiary/aromatic N) is 2.